The Labute approximate surface area is 162 Å². The average Bonchev–Trinajstić information content (AvgIpc) is 2.60. The van der Waals surface area contributed by atoms with E-state index in [1.165, 1.54) is 0 Å². The molecule has 0 aliphatic carbocycles. The monoisotopic (exact) mass is 379 g/mol. The average molecular weight is 380 g/mol. The summed E-state index contributed by atoms with van der Waals surface area (Å²) in [6.45, 7) is 7.68. The zero-order valence-corrected chi connectivity index (χ0v) is 17.0. The van der Waals surface area contributed by atoms with E-state index in [1.54, 1.807) is 0 Å². The number of rotatable bonds is 5. The summed E-state index contributed by atoms with van der Waals surface area (Å²) in [4.78, 5) is 0.362. The van der Waals surface area contributed by atoms with E-state index < -0.39 is 16.1 Å². The molecule has 0 heterocycles. The summed E-state index contributed by atoms with van der Waals surface area (Å²) in [5, 5.41) is 0. The lowest BCUT2D eigenvalue weighted by atomic mass is 9.99. The molecule has 27 heavy (non-hydrogen) atoms. The van der Waals surface area contributed by atoms with Crippen LogP contribution in [-0.2, 0) is 10.0 Å². The van der Waals surface area contributed by atoms with Gasteiger partial charge < -0.3 is 0 Å². The van der Waals surface area contributed by atoms with Crippen LogP contribution >= 0.6 is 0 Å². The summed E-state index contributed by atoms with van der Waals surface area (Å²) in [6.07, 6.45) is 0. The van der Waals surface area contributed by atoms with Crippen LogP contribution in [0.3, 0.4) is 0 Å². The van der Waals surface area contributed by atoms with Crippen LogP contribution in [0, 0.1) is 27.7 Å². The second kappa shape index (κ2) is 7.67. The predicted molar refractivity (Wildman–Crippen MR) is 110 cm³/mol. The molecule has 3 aromatic carbocycles. The molecule has 0 aromatic heterocycles. The molecule has 3 aromatic rings. The molecular formula is C23H25NO2S. The molecule has 0 aliphatic heterocycles. The summed E-state index contributed by atoms with van der Waals surface area (Å²) < 4.78 is 29.5. The van der Waals surface area contributed by atoms with Crippen molar-refractivity contribution in [1.29, 1.82) is 0 Å². The zero-order chi connectivity index (χ0) is 19.6. The van der Waals surface area contributed by atoms with Crippen LogP contribution in [0.15, 0.2) is 71.6 Å². The van der Waals surface area contributed by atoms with E-state index in [-0.39, 0.29) is 0 Å². The second-order valence-corrected chi connectivity index (χ2v) is 8.75. The van der Waals surface area contributed by atoms with Gasteiger partial charge in [-0.1, -0.05) is 77.9 Å². The molecule has 0 radical (unpaired) electrons. The summed E-state index contributed by atoms with van der Waals surface area (Å²) >= 11 is 0. The van der Waals surface area contributed by atoms with Gasteiger partial charge in [-0.05, 0) is 49.9 Å². The van der Waals surface area contributed by atoms with Gasteiger partial charge in [0.05, 0.1) is 10.9 Å². The molecule has 0 fully saturated rings. The van der Waals surface area contributed by atoms with Crippen molar-refractivity contribution < 1.29 is 8.42 Å². The van der Waals surface area contributed by atoms with Crippen molar-refractivity contribution in [2.75, 3.05) is 0 Å². The topological polar surface area (TPSA) is 46.2 Å². The highest BCUT2D eigenvalue weighted by molar-refractivity contribution is 7.89. The van der Waals surface area contributed by atoms with E-state index in [0.717, 1.165) is 33.4 Å². The highest BCUT2D eigenvalue weighted by Gasteiger charge is 2.25. The van der Waals surface area contributed by atoms with E-state index in [0.29, 0.717) is 4.90 Å². The van der Waals surface area contributed by atoms with Crippen LogP contribution in [0.1, 0.15) is 39.4 Å². The molecule has 0 aliphatic rings. The molecule has 0 saturated carbocycles. The Balaban J connectivity index is 2.08. The Kier molecular flexibility index (Phi) is 5.49. The van der Waals surface area contributed by atoms with Crippen molar-refractivity contribution in [3.8, 4) is 0 Å². The number of benzene rings is 3. The van der Waals surface area contributed by atoms with Crippen LogP contribution in [0.2, 0.25) is 0 Å². The van der Waals surface area contributed by atoms with Gasteiger partial charge in [-0.15, -0.1) is 0 Å². The first kappa shape index (κ1) is 19.3. The maximum absolute atomic E-state index is 13.3. The van der Waals surface area contributed by atoms with Crippen LogP contribution < -0.4 is 4.72 Å². The Morgan fingerprint density at radius 3 is 1.78 bits per heavy atom. The van der Waals surface area contributed by atoms with Gasteiger partial charge in [0.1, 0.15) is 0 Å². The van der Waals surface area contributed by atoms with Gasteiger partial charge in [0.2, 0.25) is 10.0 Å². The van der Waals surface area contributed by atoms with Crippen LogP contribution in [0.5, 0.6) is 0 Å². The third-order valence-electron chi connectivity index (χ3n) is 4.69. The first-order valence-electron chi connectivity index (χ1n) is 8.99. The van der Waals surface area contributed by atoms with E-state index in [4.69, 9.17) is 0 Å². The van der Waals surface area contributed by atoms with Crippen molar-refractivity contribution in [3.63, 3.8) is 0 Å². The maximum atomic E-state index is 13.3. The molecule has 0 saturated heterocycles. The minimum absolute atomic E-state index is 0.362. The van der Waals surface area contributed by atoms with Crippen molar-refractivity contribution >= 4 is 10.0 Å². The molecule has 0 spiro atoms. The van der Waals surface area contributed by atoms with Crippen molar-refractivity contribution in [2.45, 2.75) is 38.6 Å². The predicted octanol–water partition coefficient (Wildman–Crippen LogP) is 4.99. The third-order valence-corrected chi connectivity index (χ3v) is 6.42. The first-order valence-corrected chi connectivity index (χ1v) is 10.5. The fraction of sp³-hybridized carbons (Fsp3) is 0.217. The SMILES string of the molecule is Cc1ccc([C@H](NS(=O)(=O)c2c(C)cc(C)cc2C)c2ccccc2)cc1. The quantitative estimate of drug-likeness (QED) is 0.679. The highest BCUT2D eigenvalue weighted by Crippen LogP contribution is 2.28. The van der Waals surface area contributed by atoms with Gasteiger partial charge in [-0.2, -0.15) is 4.72 Å². The molecule has 1 N–H and O–H groups in total. The Morgan fingerprint density at radius 2 is 1.22 bits per heavy atom. The van der Waals surface area contributed by atoms with E-state index in [2.05, 4.69) is 4.72 Å². The molecule has 3 rings (SSSR count). The van der Waals surface area contributed by atoms with Crippen LogP contribution in [-0.4, -0.2) is 8.42 Å². The van der Waals surface area contributed by atoms with Gasteiger partial charge in [0.15, 0.2) is 0 Å². The standard InChI is InChI=1S/C23H25NO2S/c1-16-10-12-21(13-11-16)22(20-8-6-5-7-9-20)24-27(25,26)23-18(3)14-17(2)15-19(23)4/h5-15,22,24H,1-4H3/t22-/m1/s1. The third kappa shape index (κ3) is 4.29. The van der Waals surface area contributed by atoms with E-state index in [1.807, 2.05) is 94.4 Å². The van der Waals surface area contributed by atoms with Gasteiger partial charge in [-0.3, -0.25) is 0 Å². The van der Waals surface area contributed by atoms with E-state index >= 15 is 0 Å². The Morgan fingerprint density at radius 1 is 0.704 bits per heavy atom. The normalized spacial score (nSPS) is 12.7. The van der Waals surface area contributed by atoms with Crippen LogP contribution in [0.25, 0.3) is 0 Å². The lowest BCUT2D eigenvalue weighted by Crippen LogP contribution is -2.30. The first-order chi connectivity index (χ1) is 12.8. The van der Waals surface area contributed by atoms with Crippen molar-refractivity contribution in [1.82, 2.24) is 4.72 Å². The Bertz CT molecular complexity index is 1020. The lowest BCUT2D eigenvalue weighted by Gasteiger charge is -2.22. The molecule has 140 valence electrons. The van der Waals surface area contributed by atoms with Crippen LogP contribution in [0.4, 0.5) is 0 Å². The van der Waals surface area contributed by atoms with E-state index in [9.17, 15) is 8.42 Å². The fourth-order valence-corrected chi connectivity index (χ4v) is 5.20. The smallest absolute Gasteiger partial charge is 0.207 e. The minimum atomic E-state index is -3.69. The summed E-state index contributed by atoms with van der Waals surface area (Å²) in [6, 6.07) is 21.0. The second-order valence-electron chi connectivity index (χ2n) is 7.10. The van der Waals surface area contributed by atoms with Crippen molar-refractivity contribution in [2.24, 2.45) is 0 Å². The largest absolute Gasteiger partial charge is 0.241 e. The molecule has 3 nitrogen and oxygen atoms in total. The summed E-state index contributed by atoms with van der Waals surface area (Å²) in [5.74, 6) is 0. The Hall–Kier alpha value is -2.43. The lowest BCUT2D eigenvalue weighted by molar-refractivity contribution is 0.571. The van der Waals surface area contributed by atoms with Gasteiger partial charge in [0, 0.05) is 0 Å². The number of hydrogen-bond donors (Lipinski definition) is 1. The molecule has 0 bridgehead atoms. The molecule has 1 atom stereocenters. The number of aryl methyl sites for hydroxylation is 4. The molecule has 0 unspecified atom stereocenters. The molecule has 0 amide bonds. The molecule has 4 heteroatoms. The van der Waals surface area contributed by atoms with Crippen molar-refractivity contribution in [3.05, 3.63) is 100 Å². The summed E-state index contributed by atoms with van der Waals surface area (Å²) in [7, 11) is -3.69. The van der Waals surface area contributed by atoms with Gasteiger partial charge >= 0.3 is 0 Å². The van der Waals surface area contributed by atoms with Gasteiger partial charge in [0.25, 0.3) is 0 Å². The number of sulfonamides is 1. The minimum Gasteiger partial charge on any atom is -0.207 e. The number of nitrogens with one attached hydrogen (secondary N) is 1. The summed E-state index contributed by atoms with van der Waals surface area (Å²) in [5.41, 5.74) is 5.54. The highest BCUT2D eigenvalue weighted by atomic mass is 32.2. The van der Waals surface area contributed by atoms with Gasteiger partial charge in [-0.25, -0.2) is 8.42 Å². The zero-order valence-electron chi connectivity index (χ0n) is 16.2. The molecular weight excluding hydrogens is 354 g/mol. The maximum Gasteiger partial charge on any atom is 0.241 e. The number of hydrogen-bond acceptors (Lipinski definition) is 2. The fourth-order valence-electron chi connectivity index (χ4n) is 3.54.